The van der Waals surface area contributed by atoms with Gasteiger partial charge in [0.05, 0.1) is 16.1 Å². The Labute approximate surface area is 122 Å². The highest BCUT2D eigenvalue weighted by Gasteiger charge is 2.59. The van der Waals surface area contributed by atoms with E-state index >= 15 is 0 Å². The Morgan fingerprint density at radius 2 is 2.16 bits per heavy atom. The molecule has 2 heterocycles. The van der Waals surface area contributed by atoms with Crippen LogP contribution in [0.1, 0.15) is 32.4 Å². The quantitative estimate of drug-likeness (QED) is 0.775. The molecular formula is C13H17BrN2O2S. The number of halogens is 1. The van der Waals surface area contributed by atoms with Crippen LogP contribution in [0.25, 0.3) is 0 Å². The molecule has 104 valence electrons. The second kappa shape index (κ2) is 4.19. The van der Waals surface area contributed by atoms with E-state index in [1.807, 2.05) is 26.0 Å². The van der Waals surface area contributed by atoms with E-state index in [0.717, 1.165) is 35.2 Å². The van der Waals surface area contributed by atoms with Gasteiger partial charge in [0, 0.05) is 6.54 Å². The van der Waals surface area contributed by atoms with E-state index in [0.29, 0.717) is 6.54 Å². The minimum atomic E-state index is -3.29. The molecule has 0 unspecified atom stereocenters. The normalized spacial score (nSPS) is 30.1. The van der Waals surface area contributed by atoms with Gasteiger partial charge in [-0.2, -0.15) is 0 Å². The molecule has 0 N–H and O–H groups in total. The molecule has 0 bridgehead atoms. The Balaban J connectivity index is 2.05. The van der Waals surface area contributed by atoms with Crippen molar-refractivity contribution in [3.05, 3.63) is 22.4 Å². The fourth-order valence-electron chi connectivity index (χ4n) is 2.80. The molecule has 1 saturated carbocycles. The lowest BCUT2D eigenvalue weighted by Gasteiger charge is -2.32. The summed E-state index contributed by atoms with van der Waals surface area (Å²) in [4.78, 5) is 4.41. The third-order valence-corrected chi connectivity index (χ3v) is 7.58. The van der Waals surface area contributed by atoms with Crippen LogP contribution in [0.15, 0.2) is 16.7 Å². The fraction of sp³-hybridized carbons (Fsp3) is 0.615. The molecule has 0 amide bonds. The molecular weight excluding hydrogens is 328 g/mol. The molecule has 0 saturated heterocycles. The zero-order valence-corrected chi connectivity index (χ0v) is 13.5. The monoisotopic (exact) mass is 344 g/mol. The van der Waals surface area contributed by atoms with Crippen molar-refractivity contribution in [2.24, 2.45) is 5.92 Å². The maximum absolute atomic E-state index is 12.8. The molecule has 0 radical (unpaired) electrons. The highest BCUT2D eigenvalue weighted by molar-refractivity contribution is 9.10. The van der Waals surface area contributed by atoms with E-state index in [1.54, 1.807) is 4.31 Å². The van der Waals surface area contributed by atoms with Crippen molar-refractivity contribution in [3.63, 3.8) is 0 Å². The van der Waals surface area contributed by atoms with Crippen LogP contribution >= 0.6 is 15.9 Å². The van der Waals surface area contributed by atoms with Gasteiger partial charge in [-0.3, -0.25) is 4.31 Å². The zero-order chi connectivity index (χ0) is 13.8. The van der Waals surface area contributed by atoms with Gasteiger partial charge in [-0.05, 0) is 60.2 Å². The molecule has 0 spiro atoms. The molecule has 6 heteroatoms. The van der Waals surface area contributed by atoms with Crippen LogP contribution in [0, 0.1) is 5.92 Å². The summed E-state index contributed by atoms with van der Waals surface area (Å²) in [5, 5.41) is 0. The van der Waals surface area contributed by atoms with Crippen LogP contribution in [0.4, 0.5) is 5.69 Å². The lowest BCUT2D eigenvalue weighted by Crippen LogP contribution is -2.42. The molecule has 2 aliphatic rings. The summed E-state index contributed by atoms with van der Waals surface area (Å²) in [5.74, 6) is 0.242. The van der Waals surface area contributed by atoms with E-state index < -0.39 is 14.8 Å². The van der Waals surface area contributed by atoms with E-state index in [2.05, 4.69) is 20.9 Å². The average Bonchev–Trinajstić information content (AvgIpc) is 2.98. The highest BCUT2D eigenvalue weighted by Crippen LogP contribution is 2.51. The largest absolute Gasteiger partial charge is 0.268 e. The third kappa shape index (κ3) is 1.91. The Morgan fingerprint density at radius 1 is 1.47 bits per heavy atom. The van der Waals surface area contributed by atoms with Crippen LogP contribution in [0.2, 0.25) is 0 Å². The van der Waals surface area contributed by atoms with Crippen molar-refractivity contribution in [3.8, 4) is 0 Å². The van der Waals surface area contributed by atoms with Crippen LogP contribution in [0.3, 0.4) is 0 Å². The number of pyridine rings is 1. The summed E-state index contributed by atoms with van der Waals surface area (Å²) in [6, 6.07) is 3.67. The number of fused-ring (bicyclic) bond motifs is 1. The van der Waals surface area contributed by atoms with Crippen LogP contribution < -0.4 is 4.31 Å². The minimum absolute atomic E-state index is 0.242. The lowest BCUT2D eigenvalue weighted by atomic mass is 10.1. The van der Waals surface area contributed by atoms with E-state index in [9.17, 15) is 8.42 Å². The molecule has 1 aromatic heterocycles. The number of aromatic nitrogens is 1. The first kappa shape index (κ1) is 13.4. The molecule has 1 aliphatic carbocycles. The van der Waals surface area contributed by atoms with Crippen LogP contribution in [-0.2, 0) is 16.4 Å². The van der Waals surface area contributed by atoms with E-state index in [1.165, 1.54) is 0 Å². The maximum atomic E-state index is 12.8. The second-order valence-electron chi connectivity index (χ2n) is 5.70. The predicted molar refractivity (Wildman–Crippen MR) is 78.7 cm³/mol. The van der Waals surface area contributed by atoms with Gasteiger partial charge in [-0.1, -0.05) is 6.92 Å². The minimum Gasteiger partial charge on any atom is -0.268 e. The van der Waals surface area contributed by atoms with Gasteiger partial charge in [0.1, 0.15) is 4.60 Å². The first-order valence-corrected chi connectivity index (χ1v) is 8.77. The number of sulfonamides is 1. The molecule has 2 atom stereocenters. The number of nitrogens with zero attached hydrogens (tertiary/aromatic N) is 2. The topological polar surface area (TPSA) is 50.3 Å². The summed E-state index contributed by atoms with van der Waals surface area (Å²) in [6.45, 7) is 4.43. The summed E-state index contributed by atoms with van der Waals surface area (Å²) in [7, 11) is -3.29. The Morgan fingerprint density at radius 3 is 2.79 bits per heavy atom. The summed E-state index contributed by atoms with van der Waals surface area (Å²) in [6.07, 6.45) is 2.43. The average molecular weight is 345 g/mol. The number of aryl methyl sites for hydroxylation is 1. The molecule has 0 aromatic carbocycles. The van der Waals surface area contributed by atoms with Crippen molar-refractivity contribution < 1.29 is 8.42 Å². The van der Waals surface area contributed by atoms with Crippen molar-refractivity contribution in [2.75, 3.05) is 10.8 Å². The summed E-state index contributed by atoms with van der Waals surface area (Å²) >= 11 is 3.34. The third-order valence-electron chi connectivity index (χ3n) is 4.43. The van der Waals surface area contributed by atoms with Gasteiger partial charge in [-0.25, -0.2) is 13.4 Å². The number of rotatable bonds is 2. The van der Waals surface area contributed by atoms with Crippen molar-refractivity contribution in [1.29, 1.82) is 0 Å². The molecule has 19 heavy (non-hydrogen) atoms. The van der Waals surface area contributed by atoms with Crippen molar-refractivity contribution in [1.82, 2.24) is 4.98 Å². The first-order chi connectivity index (χ1) is 8.86. The Hall–Kier alpha value is -0.620. The van der Waals surface area contributed by atoms with Gasteiger partial charge >= 0.3 is 0 Å². The lowest BCUT2D eigenvalue weighted by molar-refractivity contribution is 0.566. The Kier molecular flexibility index (Phi) is 2.94. The van der Waals surface area contributed by atoms with Crippen molar-refractivity contribution >= 4 is 31.6 Å². The molecule has 4 nitrogen and oxygen atoms in total. The SMILES string of the molecule is C[C@@H]1C[C@@]1(C)S(=O)(=O)N1CCCc2nc(Br)ccc21. The zero-order valence-electron chi connectivity index (χ0n) is 11.1. The molecule has 1 aliphatic heterocycles. The van der Waals surface area contributed by atoms with Crippen LogP contribution in [0.5, 0.6) is 0 Å². The Bertz CT molecular complexity index is 632. The molecule has 1 aromatic rings. The number of hydrogen-bond donors (Lipinski definition) is 0. The smallest absolute Gasteiger partial charge is 0.240 e. The first-order valence-electron chi connectivity index (χ1n) is 6.54. The number of hydrogen-bond acceptors (Lipinski definition) is 3. The van der Waals surface area contributed by atoms with Gasteiger partial charge in [0.2, 0.25) is 10.0 Å². The van der Waals surface area contributed by atoms with Gasteiger partial charge in [0.25, 0.3) is 0 Å². The summed E-state index contributed by atoms with van der Waals surface area (Å²) < 4.78 is 27.4. The predicted octanol–water partition coefficient (Wildman–Crippen LogP) is 2.73. The van der Waals surface area contributed by atoms with Gasteiger partial charge in [0.15, 0.2) is 0 Å². The maximum Gasteiger partial charge on any atom is 0.240 e. The number of anilines is 1. The standard InChI is InChI=1S/C13H17BrN2O2S/c1-9-8-13(9,2)19(17,18)16-7-3-4-10-11(16)5-6-12(14)15-10/h5-6,9H,3-4,7-8H2,1-2H3/t9-,13-/m1/s1. The van der Waals surface area contributed by atoms with Gasteiger partial charge in [-0.15, -0.1) is 0 Å². The van der Waals surface area contributed by atoms with Crippen molar-refractivity contribution in [2.45, 2.75) is 37.9 Å². The molecule has 3 rings (SSSR count). The summed E-state index contributed by atoms with van der Waals surface area (Å²) in [5.41, 5.74) is 1.64. The second-order valence-corrected chi connectivity index (χ2v) is 8.83. The molecule has 1 fully saturated rings. The van der Waals surface area contributed by atoms with E-state index in [4.69, 9.17) is 0 Å². The highest BCUT2D eigenvalue weighted by atomic mass is 79.9. The van der Waals surface area contributed by atoms with Crippen LogP contribution in [-0.4, -0.2) is 24.7 Å². The van der Waals surface area contributed by atoms with Gasteiger partial charge < -0.3 is 0 Å². The van der Waals surface area contributed by atoms with E-state index in [-0.39, 0.29) is 5.92 Å². The fourth-order valence-corrected chi connectivity index (χ4v) is 5.41.